The summed E-state index contributed by atoms with van der Waals surface area (Å²) >= 11 is 0. The molecule has 0 aromatic heterocycles. The number of benzene rings is 1. The molecule has 2 heterocycles. The first-order valence-electron chi connectivity index (χ1n) is 9.61. The first-order valence-corrected chi connectivity index (χ1v) is 9.61. The topological polar surface area (TPSA) is 54.0 Å². The summed E-state index contributed by atoms with van der Waals surface area (Å²) in [5, 5.41) is 3.10. The van der Waals surface area contributed by atoms with Crippen LogP contribution in [-0.4, -0.2) is 74.9 Å². The van der Waals surface area contributed by atoms with Crippen LogP contribution in [0.25, 0.3) is 0 Å². The molecule has 26 heavy (non-hydrogen) atoms. The molecule has 2 aliphatic rings. The van der Waals surface area contributed by atoms with Gasteiger partial charge in [0, 0.05) is 26.7 Å². The third-order valence-electron chi connectivity index (χ3n) is 5.18. The van der Waals surface area contributed by atoms with E-state index in [4.69, 9.17) is 9.47 Å². The van der Waals surface area contributed by atoms with E-state index in [9.17, 15) is 4.79 Å². The third-order valence-corrected chi connectivity index (χ3v) is 5.18. The number of likely N-dealkylation sites (tertiary alicyclic amines) is 2. The average Bonchev–Trinajstić information content (AvgIpc) is 2.61. The molecule has 1 aromatic carbocycles. The number of methoxy groups -OCH3 is 1. The monoisotopic (exact) mass is 361 g/mol. The number of hydrogen-bond donors (Lipinski definition) is 1. The van der Waals surface area contributed by atoms with Crippen LogP contribution in [-0.2, 0) is 4.74 Å². The SMILES string of the molecule is COCCN1CCC[C@@H](CNC(=O)N2CC(Oc3cccc(C)c3)C2)C1. The predicted molar refractivity (Wildman–Crippen MR) is 102 cm³/mol. The molecule has 2 fully saturated rings. The number of ether oxygens (including phenoxy) is 2. The molecule has 1 N–H and O–H groups in total. The Kier molecular flexibility index (Phi) is 6.74. The van der Waals surface area contributed by atoms with Gasteiger partial charge in [-0.25, -0.2) is 4.79 Å². The van der Waals surface area contributed by atoms with Gasteiger partial charge < -0.3 is 24.6 Å². The maximum absolute atomic E-state index is 12.3. The second-order valence-electron chi connectivity index (χ2n) is 7.45. The van der Waals surface area contributed by atoms with E-state index >= 15 is 0 Å². The van der Waals surface area contributed by atoms with Crippen molar-refractivity contribution in [3.05, 3.63) is 29.8 Å². The molecule has 2 saturated heterocycles. The molecule has 0 unspecified atom stereocenters. The van der Waals surface area contributed by atoms with E-state index in [1.165, 1.54) is 18.4 Å². The Labute approximate surface area is 156 Å². The molecule has 6 nitrogen and oxygen atoms in total. The zero-order valence-electron chi connectivity index (χ0n) is 15.9. The molecule has 0 saturated carbocycles. The van der Waals surface area contributed by atoms with Gasteiger partial charge in [0.15, 0.2) is 0 Å². The lowest BCUT2D eigenvalue weighted by Gasteiger charge is -2.39. The Bertz CT molecular complexity index is 589. The number of nitrogens with one attached hydrogen (secondary N) is 1. The normalized spacial score (nSPS) is 21.3. The Morgan fingerprint density at radius 3 is 2.92 bits per heavy atom. The number of carbonyl (C=O) groups excluding carboxylic acids is 1. The first kappa shape index (κ1) is 19.0. The van der Waals surface area contributed by atoms with E-state index in [0.29, 0.717) is 19.0 Å². The summed E-state index contributed by atoms with van der Waals surface area (Å²) in [6, 6.07) is 8.07. The number of nitrogens with zero attached hydrogens (tertiary/aromatic N) is 2. The van der Waals surface area contributed by atoms with Crippen LogP contribution >= 0.6 is 0 Å². The zero-order chi connectivity index (χ0) is 18.4. The summed E-state index contributed by atoms with van der Waals surface area (Å²) in [5.74, 6) is 1.42. The van der Waals surface area contributed by atoms with Gasteiger partial charge in [-0.2, -0.15) is 0 Å². The number of rotatable bonds is 7. The van der Waals surface area contributed by atoms with Crippen LogP contribution in [0.4, 0.5) is 4.79 Å². The van der Waals surface area contributed by atoms with Crippen LogP contribution in [0.2, 0.25) is 0 Å². The fourth-order valence-corrected chi connectivity index (χ4v) is 3.64. The Balaban J connectivity index is 1.33. The minimum atomic E-state index is 0.0307. The molecule has 2 amide bonds. The van der Waals surface area contributed by atoms with Crippen LogP contribution in [0.3, 0.4) is 0 Å². The summed E-state index contributed by atoms with van der Waals surface area (Å²) in [6.45, 7) is 8.05. The van der Waals surface area contributed by atoms with Crippen LogP contribution in [0.1, 0.15) is 18.4 Å². The Morgan fingerprint density at radius 2 is 2.15 bits per heavy atom. The maximum Gasteiger partial charge on any atom is 0.317 e. The number of urea groups is 1. The van der Waals surface area contributed by atoms with Gasteiger partial charge in [-0.05, 0) is 49.9 Å². The minimum Gasteiger partial charge on any atom is -0.487 e. The molecule has 0 radical (unpaired) electrons. The van der Waals surface area contributed by atoms with E-state index in [2.05, 4.69) is 23.2 Å². The molecule has 0 bridgehead atoms. The standard InChI is InChI=1S/C20H31N3O3/c1-16-5-3-7-18(11-16)26-19-14-23(15-19)20(24)21-12-17-6-4-8-22(13-17)9-10-25-2/h3,5,7,11,17,19H,4,6,8-10,12-15H2,1-2H3,(H,21,24)/t17-/m0/s1. The van der Waals surface area contributed by atoms with E-state index in [1.54, 1.807) is 7.11 Å². The number of amides is 2. The Hall–Kier alpha value is -1.79. The molecule has 1 atom stereocenters. The molecule has 1 aromatic rings. The highest BCUT2D eigenvalue weighted by Crippen LogP contribution is 2.20. The van der Waals surface area contributed by atoms with Crippen molar-refractivity contribution in [2.45, 2.75) is 25.9 Å². The highest BCUT2D eigenvalue weighted by molar-refractivity contribution is 5.75. The van der Waals surface area contributed by atoms with Gasteiger partial charge in [-0.3, -0.25) is 0 Å². The first-order chi connectivity index (χ1) is 12.6. The van der Waals surface area contributed by atoms with Crippen molar-refractivity contribution in [3.63, 3.8) is 0 Å². The van der Waals surface area contributed by atoms with Crippen molar-refractivity contribution in [3.8, 4) is 5.75 Å². The summed E-state index contributed by atoms with van der Waals surface area (Å²) in [7, 11) is 1.74. The highest BCUT2D eigenvalue weighted by atomic mass is 16.5. The van der Waals surface area contributed by atoms with Gasteiger partial charge in [-0.1, -0.05) is 12.1 Å². The predicted octanol–water partition coefficient (Wildman–Crippen LogP) is 2.13. The fraction of sp³-hybridized carbons (Fsp3) is 0.650. The van der Waals surface area contributed by atoms with Crippen molar-refractivity contribution >= 4 is 6.03 Å². The number of hydrogen-bond acceptors (Lipinski definition) is 4. The van der Waals surface area contributed by atoms with Gasteiger partial charge in [0.2, 0.25) is 0 Å². The average molecular weight is 361 g/mol. The van der Waals surface area contributed by atoms with E-state index in [0.717, 1.165) is 38.5 Å². The molecule has 3 rings (SSSR count). The van der Waals surface area contributed by atoms with E-state index < -0.39 is 0 Å². The van der Waals surface area contributed by atoms with Crippen molar-refractivity contribution in [2.24, 2.45) is 5.92 Å². The lowest BCUT2D eigenvalue weighted by molar-refractivity contribution is 0.0434. The third kappa shape index (κ3) is 5.35. The minimum absolute atomic E-state index is 0.0307. The molecule has 144 valence electrons. The number of piperidine rings is 1. The number of carbonyl (C=O) groups is 1. The Morgan fingerprint density at radius 1 is 1.31 bits per heavy atom. The second kappa shape index (κ2) is 9.24. The lowest BCUT2D eigenvalue weighted by Crippen LogP contribution is -2.59. The molecular weight excluding hydrogens is 330 g/mol. The van der Waals surface area contributed by atoms with Gasteiger partial charge in [0.25, 0.3) is 0 Å². The van der Waals surface area contributed by atoms with Crippen LogP contribution < -0.4 is 10.1 Å². The summed E-state index contributed by atoms with van der Waals surface area (Å²) < 4.78 is 11.1. The summed E-state index contributed by atoms with van der Waals surface area (Å²) in [5.41, 5.74) is 1.18. The van der Waals surface area contributed by atoms with E-state index in [1.807, 2.05) is 23.1 Å². The van der Waals surface area contributed by atoms with Crippen LogP contribution in [0.5, 0.6) is 5.75 Å². The maximum atomic E-state index is 12.3. The molecule has 6 heteroatoms. The highest BCUT2D eigenvalue weighted by Gasteiger charge is 2.32. The van der Waals surface area contributed by atoms with Gasteiger partial charge >= 0.3 is 6.03 Å². The molecule has 0 aliphatic carbocycles. The second-order valence-corrected chi connectivity index (χ2v) is 7.45. The number of aryl methyl sites for hydroxylation is 1. The van der Waals surface area contributed by atoms with Crippen molar-refractivity contribution in [2.75, 3.05) is 53.0 Å². The van der Waals surface area contributed by atoms with Gasteiger partial charge in [0.05, 0.1) is 19.7 Å². The summed E-state index contributed by atoms with van der Waals surface area (Å²) in [4.78, 5) is 16.6. The van der Waals surface area contributed by atoms with Crippen LogP contribution in [0.15, 0.2) is 24.3 Å². The van der Waals surface area contributed by atoms with Crippen LogP contribution in [0, 0.1) is 12.8 Å². The van der Waals surface area contributed by atoms with Gasteiger partial charge in [0.1, 0.15) is 11.9 Å². The fourth-order valence-electron chi connectivity index (χ4n) is 3.64. The molecule has 2 aliphatic heterocycles. The van der Waals surface area contributed by atoms with E-state index in [-0.39, 0.29) is 12.1 Å². The summed E-state index contributed by atoms with van der Waals surface area (Å²) in [6.07, 6.45) is 2.48. The smallest absolute Gasteiger partial charge is 0.317 e. The lowest BCUT2D eigenvalue weighted by atomic mass is 9.98. The largest absolute Gasteiger partial charge is 0.487 e. The van der Waals surface area contributed by atoms with Gasteiger partial charge in [-0.15, -0.1) is 0 Å². The zero-order valence-corrected chi connectivity index (χ0v) is 15.9. The molecule has 0 spiro atoms. The molecular formula is C20H31N3O3. The van der Waals surface area contributed by atoms with Crippen molar-refractivity contribution in [1.29, 1.82) is 0 Å². The quantitative estimate of drug-likeness (QED) is 0.808. The van der Waals surface area contributed by atoms with Crippen molar-refractivity contribution in [1.82, 2.24) is 15.1 Å². The van der Waals surface area contributed by atoms with Crippen molar-refractivity contribution < 1.29 is 14.3 Å².